The van der Waals surface area contributed by atoms with Crippen molar-refractivity contribution in [1.82, 2.24) is 0 Å². The van der Waals surface area contributed by atoms with Crippen molar-refractivity contribution in [2.45, 2.75) is 117 Å². The Hall–Kier alpha value is -1.84. The van der Waals surface area contributed by atoms with Gasteiger partial charge in [-0.3, -0.25) is 9.59 Å². The number of aryl methyl sites for hydroxylation is 1. The van der Waals surface area contributed by atoms with E-state index < -0.39 is 0 Å². The summed E-state index contributed by atoms with van der Waals surface area (Å²) in [6.07, 6.45) is 17.3. The molecule has 0 fully saturated rings. The summed E-state index contributed by atoms with van der Waals surface area (Å²) in [6.45, 7) is 4.72. The number of unbranched alkanes of at least 4 members (excludes halogenated alkanes) is 12. The summed E-state index contributed by atoms with van der Waals surface area (Å²) in [5.41, 5.74) is 0.955. The molecule has 1 aromatic carbocycles. The van der Waals surface area contributed by atoms with Gasteiger partial charge in [-0.05, 0) is 37.8 Å². The molecular formula is C27H44O4. The molecule has 4 heteroatoms. The van der Waals surface area contributed by atoms with Crippen LogP contribution in [-0.2, 0) is 14.3 Å². The average molecular weight is 433 g/mol. The molecule has 0 saturated heterocycles. The largest absolute Gasteiger partial charge is 0.466 e. The van der Waals surface area contributed by atoms with Crippen molar-refractivity contribution in [3.05, 3.63) is 29.8 Å². The molecule has 0 saturated carbocycles. The van der Waals surface area contributed by atoms with E-state index >= 15 is 0 Å². The van der Waals surface area contributed by atoms with Crippen LogP contribution in [0.2, 0.25) is 0 Å². The van der Waals surface area contributed by atoms with E-state index in [-0.39, 0.29) is 11.9 Å². The molecule has 0 N–H and O–H groups in total. The van der Waals surface area contributed by atoms with E-state index in [1.165, 1.54) is 57.8 Å². The van der Waals surface area contributed by atoms with E-state index in [1.807, 2.05) is 25.1 Å². The minimum atomic E-state index is -0.214. The quantitative estimate of drug-likeness (QED) is 0.128. The van der Waals surface area contributed by atoms with Gasteiger partial charge in [-0.15, -0.1) is 0 Å². The lowest BCUT2D eigenvalue weighted by Gasteiger charge is -2.07. The van der Waals surface area contributed by atoms with Gasteiger partial charge in [0, 0.05) is 12.8 Å². The number of para-hydroxylation sites is 1. The van der Waals surface area contributed by atoms with Crippen molar-refractivity contribution in [2.75, 3.05) is 6.61 Å². The predicted molar refractivity (Wildman–Crippen MR) is 127 cm³/mol. The lowest BCUT2D eigenvalue weighted by atomic mass is 10.1. The highest BCUT2D eigenvalue weighted by atomic mass is 16.5. The molecule has 1 rings (SSSR count). The fourth-order valence-electron chi connectivity index (χ4n) is 3.58. The van der Waals surface area contributed by atoms with Gasteiger partial charge >= 0.3 is 11.9 Å². The second-order valence-electron chi connectivity index (χ2n) is 8.56. The zero-order valence-electron chi connectivity index (χ0n) is 20.0. The third-order valence-corrected chi connectivity index (χ3v) is 5.59. The average Bonchev–Trinajstić information content (AvgIpc) is 2.76. The SMILES string of the molecule is CCCCCCCCCCCCCOC(=O)CCCCCC(=O)Oc1ccccc1C. The number of rotatable bonds is 19. The first-order valence-electron chi connectivity index (χ1n) is 12.6. The lowest BCUT2D eigenvalue weighted by molar-refractivity contribution is -0.143. The van der Waals surface area contributed by atoms with Gasteiger partial charge in [-0.25, -0.2) is 0 Å². The van der Waals surface area contributed by atoms with Crippen molar-refractivity contribution >= 4 is 11.9 Å². The van der Waals surface area contributed by atoms with Gasteiger partial charge < -0.3 is 9.47 Å². The minimum absolute atomic E-state index is 0.116. The number of benzene rings is 1. The Balaban J connectivity index is 1.86. The van der Waals surface area contributed by atoms with Crippen LogP contribution < -0.4 is 4.74 Å². The van der Waals surface area contributed by atoms with Crippen molar-refractivity contribution in [3.63, 3.8) is 0 Å². The third kappa shape index (κ3) is 15.6. The molecule has 0 aliphatic carbocycles. The molecule has 31 heavy (non-hydrogen) atoms. The molecule has 0 aromatic heterocycles. The molecule has 1 aromatic rings. The number of hydrogen-bond donors (Lipinski definition) is 0. The van der Waals surface area contributed by atoms with Gasteiger partial charge in [-0.1, -0.05) is 95.8 Å². The first-order valence-corrected chi connectivity index (χ1v) is 12.6. The van der Waals surface area contributed by atoms with Crippen LogP contribution in [0.3, 0.4) is 0 Å². The first kappa shape index (κ1) is 27.2. The van der Waals surface area contributed by atoms with Crippen LogP contribution in [-0.4, -0.2) is 18.5 Å². The van der Waals surface area contributed by atoms with Gasteiger partial charge in [0.2, 0.25) is 0 Å². The van der Waals surface area contributed by atoms with Gasteiger partial charge in [0.05, 0.1) is 6.61 Å². The van der Waals surface area contributed by atoms with Gasteiger partial charge in [0.1, 0.15) is 5.75 Å². The fraction of sp³-hybridized carbons (Fsp3) is 0.704. The minimum Gasteiger partial charge on any atom is -0.466 e. The lowest BCUT2D eigenvalue weighted by Crippen LogP contribution is -2.09. The highest BCUT2D eigenvalue weighted by Crippen LogP contribution is 2.17. The molecule has 0 amide bonds. The summed E-state index contributed by atoms with van der Waals surface area (Å²) in [5.74, 6) is 0.293. The van der Waals surface area contributed by atoms with Crippen LogP contribution >= 0.6 is 0 Å². The molecule has 0 heterocycles. The third-order valence-electron chi connectivity index (χ3n) is 5.59. The second kappa shape index (κ2) is 18.9. The highest BCUT2D eigenvalue weighted by Gasteiger charge is 2.07. The maximum Gasteiger partial charge on any atom is 0.311 e. The van der Waals surface area contributed by atoms with E-state index in [9.17, 15) is 9.59 Å². The molecule has 0 spiro atoms. The highest BCUT2D eigenvalue weighted by molar-refractivity contribution is 5.72. The number of carbonyl (C=O) groups excluding carboxylic acids is 2. The summed E-state index contributed by atoms with van der Waals surface area (Å²) < 4.78 is 10.7. The number of esters is 2. The van der Waals surface area contributed by atoms with Crippen molar-refractivity contribution in [3.8, 4) is 5.75 Å². The normalized spacial score (nSPS) is 10.8. The van der Waals surface area contributed by atoms with Crippen LogP contribution in [0.25, 0.3) is 0 Å². The standard InChI is InChI=1S/C27H44O4/c1-3-4-5-6-7-8-9-10-11-12-18-23-30-26(28)21-14-13-15-22-27(29)31-25-20-17-16-19-24(25)2/h16-17,19-20H,3-15,18,21-23H2,1-2H3. The van der Waals surface area contributed by atoms with Crippen molar-refractivity contribution in [1.29, 1.82) is 0 Å². The summed E-state index contributed by atoms with van der Waals surface area (Å²) in [4.78, 5) is 23.7. The van der Waals surface area contributed by atoms with Gasteiger partial charge in [-0.2, -0.15) is 0 Å². The van der Waals surface area contributed by atoms with E-state index in [4.69, 9.17) is 9.47 Å². The maximum absolute atomic E-state index is 11.9. The number of ether oxygens (including phenoxy) is 2. The predicted octanol–water partition coefficient (Wildman–Crippen LogP) is 7.71. The topological polar surface area (TPSA) is 52.6 Å². The smallest absolute Gasteiger partial charge is 0.311 e. The Morgan fingerprint density at radius 1 is 0.677 bits per heavy atom. The van der Waals surface area contributed by atoms with E-state index in [0.29, 0.717) is 25.2 Å². The summed E-state index contributed by atoms with van der Waals surface area (Å²) >= 11 is 0. The number of carbonyl (C=O) groups is 2. The monoisotopic (exact) mass is 432 g/mol. The summed E-state index contributed by atoms with van der Waals surface area (Å²) in [5, 5.41) is 0. The first-order chi connectivity index (χ1) is 15.1. The fourth-order valence-corrected chi connectivity index (χ4v) is 3.58. The zero-order chi connectivity index (χ0) is 22.6. The Morgan fingerprint density at radius 2 is 1.19 bits per heavy atom. The van der Waals surface area contributed by atoms with E-state index in [1.54, 1.807) is 6.07 Å². The van der Waals surface area contributed by atoms with E-state index in [0.717, 1.165) is 37.7 Å². The molecule has 0 atom stereocenters. The molecule has 4 nitrogen and oxygen atoms in total. The molecule has 0 unspecified atom stereocenters. The van der Waals surface area contributed by atoms with Crippen molar-refractivity contribution < 1.29 is 19.1 Å². The Kier molecular flexibility index (Phi) is 16.6. The van der Waals surface area contributed by atoms with Crippen molar-refractivity contribution in [2.24, 2.45) is 0 Å². The molecule has 0 aliphatic rings. The molecule has 0 radical (unpaired) electrons. The van der Waals surface area contributed by atoms with Crippen LogP contribution in [0.15, 0.2) is 24.3 Å². The summed E-state index contributed by atoms with van der Waals surface area (Å²) in [6, 6.07) is 7.50. The maximum atomic E-state index is 11.9. The summed E-state index contributed by atoms with van der Waals surface area (Å²) in [7, 11) is 0. The van der Waals surface area contributed by atoms with E-state index in [2.05, 4.69) is 6.92 Å². The Labute approximate surface area is 190 Å². The van der Waals surface area contributed by atoms with Gasteiger partial charge in [0.25, 0.3) is 0 Å². The van der Waals surface area contributed by atoms with Gasteiger partial charge in [0.15, 0.2) is 0 Å². The van der Waals surface area contributed by atoms with Crippen LogP contribution in [0, 0.1) is 6.92 Å². The Morgan fingerprint density at radius 3 is 1.81 bits per heavy atom. The Bertz CT molecular complexity index is 597. The van der Waals surface area contributed by atoms with Crippen LogP contribution in [0.5, 0.6) is 5.75 Å². The van der Waals surface area contributed by atoms with Crippen LogP contribution in [0.4, 0.5) is 0 Å². The molecule has 0 bridgehead atoms. The molecule has 0 aliphatic heterocycles. The van der Waals surface area contributed by atoms with Crippen LogP contribution in [0.1, 0.15) is 115 Å². The molecular weight excluding hydrogens is 388 g/mol. The second-order valence-corrected chi connectivity index (χ2v) is 8.56. The number of hydrogen-bond acceptors (Lipinski definition) is 4. The molecule has 176 valence electrons. The zero-order valence-corrected chi connectivity index (χ0v) is 20.0.